The molecule has 1 saturated heterocycles. The van der Waals surface area contributed by atoms with Crippen molar-refractivity contribution in [2.24, 2.45) is 17.8 Å². The van der Waals surface area contributed by atoms with Gasteiger partial charge in [-0.1, -0.05) is 0 Å². The molecule has 4 heteroatoms. The molecule has 0 bridgehead atoms. The van der Waals surface area contributed by atoms with Crippen LogP contribution in [0.1, 0.15) is 40.0 Å². The Bertz CT molecular complexity index is 334. The lowest BCUT2D eigenvalue weighted by Crippen LogP contribution is -2.46. The molecule has 2 fully saturated rings. The van der Waals surface area contributed by atoms with E-state index in [0.29, 0.717) is 18.4 Å². The molecule has 1 heterocycles. The smallest absolute Gasteiger partial charge is 0.410 e. The molecule has 18 heavy (non-hydrogen) atoms. The highest BCUT2D eigenvalue weighted by Gasteiger charge is 2.41. The number of amides is 1. The van der Waals surface area contributed by atoms with Gasteiger partial charge in [-0.3, -0.25) is 0 Å². The van der Waals surface area contributed by atoms with E-state index in [9.17, 15) is 9.59 Å². The Balaban J connectivity index is 1.96. The normalized spacial score (nSPS) is 31.9. The van der Waals surface area contributed by atoms with E-state index in [0.717, 1.165) is 32.1 Å². The van der Waals surface area contributed by atoms with Crippen molar-refractivity contribution in [3.63, 3.8) is 0 Å². The van der Waals surface area contributed by atoms with Crippen molar-refractivity contribution in [1.82, 2.24) is 4.90 Å². The van der Waals surface area contributed by atoms with Crippen molar-refractivity contribution in [3.05, 3.63) is 0 Å². The fourth-order valence-electron chi connectivity index (χ4n) is 3.16. The summed E-state index contributed by atoms with van der Waals surface area (Å²) in [6.07, 6.45) is 3.96. The maximum absolute atomic E-state index is 12.0. The molecule has 1 saturated carbocycles. The Morgan fingerprint density at radius 3 is 2.61 bits per heavy atom. The Labute approximate surface area is 109 Å². The molecular weight excluding hydrogens is 230 g/mol. The third-order valence-electron chi connectivity index (χ3n) is 4.05. The van der Waals surface area contributed by atoms with Gasteiger partial charge in [-0.25, -0.2) is 4.79 Å². The van der Waals surface area contributed by atoms with E-state index >= 15 is 0 Å². The molecule has 2 aliphatic rings. The molecule has 1 aliphatic carbocycles. The van der Waals surface area contributed by atoms with E-state index in [4.69, 9.17) is 4.74 Å². The zero-order valence-electron chi connectivity index (χ0n) is 11.5. The van der Waals surface area contributed by atoms with Crippen molar-refractivity contribution in [1.29, 1.82) is 0 Å². The molecule has 102 valence electrons. The number of piperidine rings is 1. The van der Waals surface area contributed by atoms with Gasteiger partial charge >= 0.3 is 6.09 Å². The molecule has 0 N–H and O–H groups in total. The molecule has 4 nitrogen and oxygen atoms in total. The van der Waals surface area contributed by atoms with E-state index in [1.807, 2.05) is 20.8 Å². The van der Waals surface area contributed by atoms with Crippen LogP contribution in [0, 0.1) is 17.8 Å². The maximum atomic E-state index is 12.0. The van der Waals surface area contributed by atoms with Gasteiger partial charge in [-0.05, 0) is 51.9 Å². The van der Waals surface area contributed by atoms with Gasteiger partial charge in [0.2, 0.25) is 0 Å². The average molecular weight is 253 g/mol. The fraction of sp³-hybridized carbons (Fsp3) is 0.857. The number of carbonyl (C=O) groups is 2. The number of fused-ring (bicyclic) bond motifs is 1. The van der Waals surface area contributed by atoms with Crippen LogP contribution in [0.25, 0.3) is 0 Å². The monoisotopic (exact) mass is 253 g/mol. The molecule has 2 rings (SSSR count). The first-order valence-electron chi connectivity index (χ1n) is 6.84. The van der Waals surface area contributed by atoms with Crippen LogP contribution in [-0.2, 0) is 9.53 Å². The Hall–Kier alpha value is -1.06. The molecular formula is C14H23NO3. The molecule has 1 amide bonds. The molecule has 0 radical (unpaired) electrons. The zero-order valence-corrected chi connectivity index (χ0v) is 11.5. The summed E-state index contributed by atoms with van der Waals surface area (Å²) in [7, 11) is 0. The third-order valence-corrected chi connectivity index (χ3v) is 4.05. The van der Waals surface area contributed by atoms with Crippen LogP contribution < -0.4 is 0 Å². The van der Waals surface area contributed by atoms with Gasteiger partial charge in [0.1, 0.15) is 11.9 Å². The van der Waals surface area contributed by atoms with Crippen LogP contribution in [0.5, 0.6) is 0 Å². The first-order chi connectivity index (χ1) is 8.40. The summed E-state index contributed by atoms with van der Waals surface area (Å²) in [5, 5.41) is 0. The van der Waals surface area contributed by atoms with Crippen LogP contribution >= 0.6 is 0 Å². The SMILES string of the molecule is CC(C)(C)OC(=O)N1CC[C@H]2CC[C@H](C=O)[C@H]2C1. The lowest BCUT2D eigenvalue weighted by Gasteiger charge is -2.37. The molecule has 0 aromatic rings. The Morgan fingerprint density at radius 2 is 2.00 bits per heavy atom. The second-order valence-corrected chi connectivity index (χ2v) is 6.52. The van der Waals surface area contributed by atoms with E-state index < -0.39 is 5.60 Å². The van der Waals surface area contributed by atoms with Crippen LogP contribution in [0.3, 0.4) is 0 Å². The van der Waals surface area contributed by atoms with Gasteiger partial charge < -0.3 is 14.4 Å². The predicted octanol–water partition coefficient (Wildman–Crippen LogP) is 2.47. The number of rotatable bonds is 1. The minimum atomic E-state index is -0.451. The molecule has 0 spiro atoms. The van der Waals surface area contributed by atoms with Gasteiger partial charge in [0.05, 0.1) is 0 Å². The Kier molecular flexibility index (Phi) is 3.64. The summed E-state index contributed by atoms with van der Waals surface area (Å²) < 4.78 is 5.39. The van der Waals surface area contributed by atoms with Crippen LogP contribution in [0.4, 0.5) is 4.79 Å². The van der Waals surface area contributed by atoms with E-state index in [1.165, 1.54) is 0 Å². The molecule has 0 aromatic heterocycles. The van der Waals surface area contributed by atoms with Gasteiger partial charge in [0.25, 0.3) is 0 Å². The summed E-state index contributed by atoms with van der Waals surface area (Å²) in [4.78, 5) is 24.8. The van der Waals surface area contributed by atoms with Gasteiger partial charge in [0.15, 0.2) is 0 Å². The number of carbonyl (C=O) groups excluding carboxylic acids is 2. The fourth-order valence-corrected chi connectivity index (χ4v) is 3.16. The summed E-state index contributed by atoms with van der Waals surface area (Å²) in [5.74, 6) is 1.11. The van der Waals surface area contributed by atoms with E-state index in [1.54, 1.807) is 4.90 Å². The van der Waals surface area contributed by atoms with Gasteiger partial charge in [0, 0.05) is 19.0 Å². The van der Waals surface area contributed by atoms with Crippen molar-refractivity contribution < 1.29 is 14.3 Å². The van der Waals surface area contributed by atoms with Crippen LogP contribution in [0.2, 0.25) is 0 Å². The van der Waals surface area contributed by atoms with Gasteiger partial charge in [-0.2, -0.15) is 0 Å². The molecule has 0 unspecified atom stereocenters. The minimum Gasteiger partial charge on any atom is -0.444 e. The second-order valence-electron chi connectivity index (χ2n) is 6.52. The second kappa shape index (κ2) is 4.90. The van der Waals surface area contributed by atoms with E-state index in [-0.39, 0.29) is 12.0 Å². The molecule has 0 aromatic carbocycles. The largest absolute Gasteiger partial charge is 0.444 e. The lowest BCUT2D eigenvalue weighted by molar-refractivity contribution is -0.112. The summed E-state index contributed by atoms with van der Waals surface area (Å²) in [5.41, 5.74) is -0.451. The average Bonchev–Trinajstić information content (AvgIpc) is 2.68. The van der Waals surface area contributed by atoms with Crippen molar-refractivity contribution in [2.75, 3.05) is 13.1 Å². The standard InChI is InChI=1S/C14H23NO3/c1-14(2,3)18-13(17)15-7-6-10-4-5-11(9-16)12(10)8-15/h9-12H,4-8H2,1-3H3/t10-,11-,12+/m1/s1. The topological polar surface area (TPSA) is 46.6 Å². The van der Waals surface area contributed by atoms with Gasteiger partial charge in [-0.15, -0.1) is 0 Å². The van der Waals surface area contributed by atoms with Crippen LogP contribution in [0.15, 0.2) is 0 Å². The summed E-state index contributed by atoms with van der Waals surface area (Å²) in [6.45, 7) is 7.08. The number of aldehydes is 1. The quantitative estimate of drug-likeness (QED) is 0.674. The van der Waals surface area contributed by atoms with Crippen molar-refractivity contribution in [2.45, 2.75) is 45.6 Å². The maximum Gasteiger partial charge on any atom is 0.410 e. The predicted molar refractivity (Wildman–Crippen MR) is 68.2 cm³/mol. The van der Waals surface area contributed by atoms with Crippen molar-refractivity contribution >= 4 is 12.4 Å². The number of likely N-dealkylation sites (tertiary alicyclic amines) is 1. The van der Waals surface area contributed by atoms with E-state index in [2.05, 4.69) is 0 Å². The first kappa shape index (κ1) is 13.4. The number of hydrogen-bond acceptors (Lipinski definition) is 3. The highest BCUT2D eigenvalue weighted by Crippen LogP contribution is 2.41. The lowest BCUT2D eigenvalue weighted by atomic mass is 9.84. The molecule has 3 atom stereocenters. The Morgan fingerprint density at radius 1 is 1.28 bits per heavy atom. The number of hydrogen-bond donors (Lipinski definition) is 0. The number of ether oxygens (including phenoxy) is 1. The molecule has 1 aliphatic heterocycles. The van der Waals surface area contributed by atoms with Crippen molar-refractivity contribution in [3.8, 4) is 0 Å². The highest BCUT2D eigenvalue weighted by molar-refractivity contribution is 5.68. The minimum absolute atomic E-state index is 0.139. The third kappa shape index (κ3) is 2.85. The number of nitrogens with zero attached hydrogens (tertiary/aromatic N) is 1. The zero-order chi connectivity index (χ0) is 13.3. The summed E-state index contributed by atoms with van der Waals surface area (Å²) >= 11 is 0. The first-order valence-corrected chi connectivity index (χ1v) is 6.84. The summed E-state index contributed by atoms with van der Waals surface area (Å²) in [6, 6.07) is 0. The highest BCUT2D eigenvalue weighted by atomic mass is 16.6. The van der Waals surface area contributed by atoms with Crippen LogP contribution in [-0.4, -0.2) is 36.0 Å².